The molecule has 5 nitrogen and oxygen atoms in total. The molecule has 23 heavy (non-hydrogen) atoms. The van der Waals surface area contributed by atoms with Gasteiger partial charge in [-0.05, 0) is 12.1 Å². The summed E-state index contributed by atoms with van der Waals surface area (Å²) in [6.45, 7) is -1.70. The average Bonchev–Trinajstić information content (AvgIpc) is 3.04. The summed E-state index contributed by atoms with van der Waals surface area (Å²) in [7, 11) is 1.64. The Morgan fingerprint density at radius 2 is 2.09 bits per heavy atom. The number of alkyl halides is 2. The summed E-state index contributed by atoms with van der Waals surface area (Å²) < 4.78 is 26.3. The lowest BCUT2D eigenvalue weighted by atomic mass is 10.4. The van der Waals surface area contributed by atoms with Gasteiger partial charge in [-0.3, -0.25) is 9.56 Å². The molecule has 0 amide bonds. The van der Waals surface area contributed by atoms with Crippen LogP contribution in [0.15, 0.2) is 52.6 Å². The fraction of sp³-hybridized carbons (Fsp3) is 0.333. The van der Waals surface area contributed by atoms with E-state index in [0.717, 1.165) is 10.3 Å². The highest BCUT2D eigenvalue weighted by Gasteiger charge is 2.11. The number of nitrogens with zero attached hydrogens (tertiary/aromatic N) is 3. The van der Waals surface area contributed by atoms with Crippen molar-refractivity contribution in [2.45, 2.75) is 18.0 Å². The lowest BCUT2D eigenvalue weighted by molar-refractivity contribution is 0.0668. The third-order valence-corrected chi connectivity index (χ3v) is 4.02. The van der Waals surface area contributed by atoms with Gasteiger partial charge in [0.2, 0.25) is 0 Å². The summed E-state index contributed by atoms with van der Waals surface area (Å²) in [6.07, 6.45) is 2.62. The van der Waals surface area contributed by atoms with Crippen LogP contribution in [0.25, 0.3) is 0 Å². The number of hydrogen-bond acceptors (Lipinski definition) is 3. The SMILES string of the molecule is CN=C(NCCSc1ccccc1)NCc1nccn1C(F)F. The van der Waals surface area contributed by atoms with Gasteiger partial charge in [-0.2, -0.15) is 8.78 Å². The molecule has 0 aliphatic rings. The molecule has 0 unspecified atom stereocenters. The van der Waals surface area contributed by atoms with Gasteiger partial charge in [0.05, 0.1) is 6.54 Å². The minimum atomic E-state index is -2.59. The maximum atomic E-state index is 12.7. The Labute approximate surface area is 138 Å². The predicted octanol–water partition coefficient (Wildman–Crippen LogP) is 2.74. The smallest absolute Gasteiger partial charge is 0.319 e. The number of hydrogen-bond donors (Lipinski definition) is 2. The summed E-state index contributed by atoms with van der Waals surface area (Å²) >= 11 is 1.73. The Morgan fingerprint density at radius 3 is 2.78 bits per heavy atom. The highest BCUT2D eigenvalue weighted by molar-refractivity contribution is 7.99. The number of guanidine groups is 1. The van der Waals surface area contributed by atoms with Crippen LogP contribution in [0, 0.1) is 0 Å². The Bertz CT molecular complexity index is 615. The molecule has 0 radical (unpaired) electrons. The highest BCUT2D eigenvalue weighted by Crippen LogP contribution is 2.15. The van der Waals surface area contributed by atoms with E-state index in [2.05, 4.69) is 32.7 Å². The fourth-order valence-corrected chi connectivity index (χ4v) is 2.69. The van der Waals surface area contributed by atoms with E-state index in [-0.39, 0.29) is 12.4 Å². The third kappa shape index (κ3) is 5.55. The minimum Gasteiger partial charge on any atom is -0.356 e. The van der Waals surface area contributed by atoms with E-state index in [1.165, 1.54) is 17.3 Å². The van der Waals surface area contributed by atoms with Gasteiger partial charge in [-0.1, -0.05) is 18.2 Å². The number of nitrogens with one attached hydrogen (secondary N) is 2. The number of aromatic nitrogens is 2. The normalized spacial score (nSPS) is 11.7. The molecule has 0 atom stereocenters. The first-order valence-corrected chi connectivity index (χ1v) is 8.11. The van der Waals surface area contributed by atoms with Crippen LogP contribution in [0.1, 0.15) is 12.4 Å². The van der Waals surface area contributed by atoms with Crippen molar-refractivity contribution in [1.82, 2.24) is 20.2 Å². The maximum Gasteiger partial charge on any atom is 0.319 e. The monoisotopic (exact) mass is 339 g/mol. The molecular formula is C15H19F2N5S. The largest absolute Gasteiger partial charge is 0.356 e. The van der Waals surface area contributed by atoms with E-state index in [4.69, 9.17) is 0 Å². The van der Waals surface area contributed by atoms with Crippen LogP contribution in [0.3, 0.4) is 0 Å². The second-order valence-corrected chi connectivity index (χ2v) is 5.71. The standard InChI is InChI=1S/C15H19F2N5S/c1-18-15(20-8-10-23-12-5-3-2-4-6-12)21-11-13-19-7-9-22(13)14(16)17/h2-7,9,14H,8,10-11H2,1H3,(H2,18,20,21). The summed E-state index contributed by atoms with van der Waals surface area (Å²) in [5, 5.41) is 6.12. The van der Waals surface area contributed by atoms with E-state index >= 15 is 0 Å². The van der Waals surface area contributed by atoms with Crippen LogP contribution < -0.4 is 10.6 Å². The lowest BCUT2D eigenvalue weighted by Crippen LogP contribution is -2.38. The molecular weight excluding hydrogens is 320 g/mol. The molecule has 2 aromatic rings. The Morgan fingerprint density at radius 1 is 1.30 bits per heavy atom. The fourth-order valence-electron chi connectivity index (χ4n) is 1.90. The van der Waals surface area contributed by atoms with Crippen molar-refractivity contribution in [3.63, 3.8) is 0 Å². The summed E-state index contributed by atoms with van der Waals surface area (Å²) in [5.41, 5.74) is 0. The Kier molecular flexibility index (Phi) is 6.86. The van der Waals surface area contributed by atoms with Crippen LogP contribution in [0.4, 0.5) is 8.78 Å². The molecule has 0 aliphatic heterocycles. The molecule has 0 saturated carbocycles. The molecule has 0 spiro atoms. The number of halogens is 2. The molecule has 2 N–H and O–H groups in total. The summed E-state index contributed by atoms with van der Waals surface area (Å²) in [6, 6.07) is 10.1. The van der Waals surface area contributed by atoms with Gasteiger partial charge in [0.25, 0.3) is 0 Å². The van der Waals surface area contributed by atoms with Crippen LogP contribution in [-0.4, -0.2) is 34.9 Å². The molecule has 1 heterocycles. The average molecular weight is 339 g/mol. The van der Waals surface area contributed by atoms with Gasteiger partial charge in [0.1, 0.15) is 5.82 Å². The number of benzene rings is 1. The van der Waals surface area contributed by atoms with Gasteiger partial charge in [0, 0.05) is 36.6 Å². The first-order chi connectivity index (χ1) is 11.2. The number of thioether (sulfide) groups is 1. The molecule has 1 aromatic heterocycles. The van der Waals surface area contributed by atoms with Crippen molar-refractivity contribution < 1.29 is 8.78 Å². The van der Waals surface area contributed by atoms with Crippen molar-refractivity contribution >= 4 is 17.7 Å². The zero-order chi connectivity index (χ0) is 16.5. The maximum absolute atomic E-state index is 12.7. The van der Waals surface area contributed by atoms with Gasteiger partial charge in [-0.15, -0.1) is 11.8 Å². The quantitative estimate of drug-likeness (QED) is 0.352. The molecule has 2 rings (SSSR count). The second kappa shape index (κ2) is 9.14. The van der Waals surface area contributed by atoms with Crippen molar-refractivity contribution in [2.75, 3.05) is 19.3 Å². The zero-order valence-corrected chi connectivity index (χ0v) is 13.6. The summed E-state index contributed by atoms with van der Waals surface area (Å²) in [5.74, 6) is 1.69. The zero-order valence-electron chi connectivity index (χ0n) is 12.7. The van der Waals surface area contributed by atoms with Gasteiger partial charge >= 0.3 is 6.55 Å². The van der Waals surface area contributed by atoms with Crippen LogP contribution in [-0.2, 0) is 6.54 Å². The first kappa shape index (κ1) is 17.3. The molecule has 1 aromatic carbocycles. The molecule has 0 fully saturated rings. The van der Waals surface area contributed by atoms with E-state index in [0.29, 0.717) is 12.5 Å². The third-order valence-electron chi connectivity index (χ3n) is 3.00. The topological polar surface area (TPSA) is 54.2 Å². The van der Waals surface area contributed by atoms with Crippen LogP contribution in [0.5, 0.6) is 0 Å². The summed E-state index contributed by atoms with van der Waals surface area (Å²) in [4.78, 5) is 9.19. The number of rotatable bonds is 7. The van der Waals surface area contributed by atoms with Gasteiger partial charge < -0.3 is 10.6 Å². The van der Waals surface area contributed by atoms with Crippen molar-refractivity contribution in [2.24, 2.45) is 4.99 Å². The predicted molar refractivity (Wildman–Crippen MR) is 88.8 cm³/mol. The van der Waals surface area contributed by atoms with E-state index in [1.807, 2.05) is 18.2 Å². The Hall–Kier alpha value is -2.09. The van der Waals surface area contributed by atoms with Crippen molar-refractivity contribution in [3.05, 3.63) is 48.5 Å². The van der Waals surface area contributed by atoms with Crippen LogP contribution >= 0.6 is 11.8 Å². The minimum absolute atomic E-state index is 0.183. The highest BCUT2D eigenvalue weighted by atomic mass is 32.2. The first-order valence-electron chi connectivity index (χ1n) is 7.13. The molecule has 0 bridgehead atoms. The van der Waals surface area contributed by atoms with Crippen LogP contribution in [0.2, 0.25) is 0 Å². The van der Waals surface area contributed by atoms with E-state index in [1.54, 1.807) is 18.8 Å². The van der Waals surface area contributed by atoms with Crippen molar-refractivity contribution in [3.8, 4) is 0 Å². The van der Waals surface area contributed by atoms with Gasteiger partial charge in [-0.25, -0.2) is 4.98 Å². The molecule has 124 valence electrons. The molecule has 0 saturated heterocycles. The Balaban J connectivity index is 1.72. The van der Waals surface area contributed by atoms with E-state index < -0.39 is 6.55 Å². The molecule has 8 heteroatoms. The van der Waals surface area contributed by atoms with E-state index in [9.17, 15) is 8.78 Å². The molecule has 0 aliphatic carbocycles. The second-order valence-electron chi connectivity index (χ2n) is 4.54. The number of aliphatic imine (C=N–C) groups is 1. The van der Waals surface area contributed by atoms with Gasteiger partial charge in [0.15, 0.2) is 5.96 Å². The lowest BCUT2D eigenvalue weighted by Gasteiger charge is -2.12. The van der Waals surface area contributed by atoms with Crippen molar-refractivity contribution in [1.29, 1.82) is 0 Å². The number of imidazole rings is 1.